The van der Waals surface area contributed by atoms with Gasteiger partial charge < -0.3 is 20.1 Å². The fourth-order valence-corrected chi connectivity index (χ4v) is 2.81. The van der Waals surface area contributed by atoms with Gasteiger partial charge in [0.2, 0.25) is 5.91 Å². The number of guanidine groups is 1. The average Bonchev–Trinajstić information content (AvgIpc) is 2.96. The number of rotatable bonds is 5. The molecule has 0 fully saturated rings. The zero-order valence-corrected chi connectivity index (χ0v) is 19.3. The first-order chi connectivity index (χ1) is 11.9. The topological polar surface area (TPSA) is 61.7 Å². The molecule has 0 spiro atoms. The molecule has 0 aliphatic carbocycles. The lowest BCUT2D eigenvalue weighted by Gasteiger charge is -2.22. The number of anilines is 1. The number of aliphatic imine (C=N–C) groups is 1. The second-order valence-corrected chi connectivity index (χ2v) is 6.79. The van der Waals surface area contributed by atoms with E-state index in [1.54, 1.807) is 7.05 Å². The minimum atomic E-state index is -0.116. The largest absolute Gasteiger partial charge is 0.353 e. The number of aryl methyl sites for hydroxylation is 2. The Bertz CT molecular complexity index is 775. The monoisotopic (exact) mass is 533 g/mol. The highest BCUT2D eigenvalue weighted by atomic mass is 127. The van der Waals surface area contributed by atoms with E-state index >= 15 is 0 Å². The maximum Gasteiger partial charge on any atom is 0.243 e. The molecule has 0 radical (unpaired) electrons. The van der Waals surface area contributed by atoms with Gasteiger partial charge in [0.25, 0.3) is 0 Å². The predicted molar refractivity (Wildman–Crippen MR) is 121 cm³/mol. The molecule has 0 saturated heterocycles. The molecule has 1 aromatic heterocycles. The standard InChI is InChI=1S/C18H24BrN5O.HI/c1-13-7-8-14(19)10-16(13)22-17(25)11-21-18(20-2)24(4)12-15-6-5-9-23(15)3;/h5-10H,11-12H2,1-4H3,(H,20,21)(H,22,25);1H. The summed E-state index contributed by atoms with van der Waals surface area (Å²) in [5, 5.41) is 6.01. The van der Waals surface area contributed by atoms with Crippen LogP contribution in [-0.2, 0) is 18.4 Å². The maximum atomic E-state index is 12.2. The SMILES string of the molecule is CN=C(NCC(=O)Nc1cc(Br)ccc1C)N(C)Cc1cccn1C.I. The van der Waals surface area contributed by atoms with E-state index in [1.165, 1.54) is 5.69 Å². The summed E-state index contributed by atoms with van der Waals surface area (Å²) in [6, 6.07) is 9.87. The molecule has 26 heavy (non-hydrogen) atoms. The van der Waals surface area contributed by atoms with Crippen LogP contribution in [-0.4, -0.2) is 42.0 Å². The Labute approximate surface area is 180 Å². The van der Waals surface area contributed by atoms with E-state index < -0.39 is 0 Å². The van der Waals surface area contributed by atoms with E-state index in [1.807, 2.05) is 56.4 Å². The first-order valence-electron chi connectivity index (χ1n) is 7.98. The quantitative estimate of drug-likeness (QED) is 0.352. The van der Waals surface area contributed by atoms with E-state index in [9.17, 15) is 4.79 Å². The van der Waals surface area contributed by atoms with Crippen LogP contribution in [0.2, 0.25) is 0 Å². The van der Waals surface area contributed by atoms with Gasteiger partial charge in [-0.05, 0) is 36.8 Å². The van der Waals surface area contributed by atoms with Crippen molar-refractivity contribution >= 4 is 57.5 Å². The van der Waals surface area contributed by atoms with Crippen molar-refractivity contribution in [2.45, 2.75) is 13.5 Å². The molecule has 6 nitrogen and oxygen atoms in total. The van der Waals surface area contributed by atoms with Gasteiger partial charge in [-0.1, -0.05) is 22.0 Å². The van der Waals surface area contributed by atoms with Crippen LogP contribution in [0.25, 0.3) is 0 Å². The molecule has 0 atom stereocenters. The summed E-state index contributed by atoms with van der Waals surface area (Å²) in [5.41, 5.74) is 2.98. The minimum absolute atomic E-state index is 0. The minimum Gasteiger partial charge on any atom is -0.353 e. The van der Waals surface area contributed by atoms with Crippen LogP contribution in [0.3, 0.4) is 0 Å². The first-order valence-corrected chi connectivity index (χ1v) is 8.78. The number of amides is 1. The van der Waals surface area contributed by atoms with E-state index in [0.717, 1.165) is 15.7 Å². The molecule has 2 N–H and O–H groups in total. The van der Waals surface area contributed by atoms with Gasteiger partial charge in [0.15, 0.2) is 5.96 Å². The Morgan fingerprint density at radius 3 is 2.69 bits per heavy atom. The van der Waals surface area contributed by atoms with Crippen molar-refractivity contribution in [1.29, 1.82) is 0 Å². The van der Waals surface area contributed by atoms with Gasteiger partial charge in [0.05, 0.1) is 13.1 Å². The molecule has 1 heterocycles. The van der Waals surface area contributed by atoms with Crippen LogP contribution >= 0.6 is 39.9 Å². The van der Waals surface area contributed by atoms with Crippen molar-refractivity contribution in [3.63, 3.8) is 0 Å². The van der Waals surface area contributed by atoms with Crippen LogP contribution in [0, 0.1) is 6.92 Å². The van der Waals surface area contributed by atoms with Crippen molar-refractivity contribution < 1.29 is 4.79 Å². The predicted octanol–water partition coefficient (Wildman–Crippen LogP) is 3.36. The first kappa shape index (κ1) is 22.5. The molecule has 0 aliphatic heterocycles. The lowest BCUT2D eigenvalue weighted by atomic mass is 10.2. The van der Waals surface area contributed by atoms with E-state index in [-0.39, 0.29) is 36.4 Å². The molecule has 2 aromatic rings. The van der Waals surface area contributed by atoms with Crippen molar-refractivity contribution in [3.8, 4) is 0 Å². The Morgan fingerprint density at radius 1 is 1.35 bits per heavy atom. The van der Waals surface area contributed by atoms with Gasteiger partial charge in [-0.3, -0.25) is 9.79 Å². The van der Waals surface area contributed by atoms with E-state index in [2.05, 4.69) is 42.2 Å². The third kappa shape index (κ3) is 6.31. The van der Waals surface area contributed by atoms with Crippen LogP contribution in [0.4, 0.5) is 5.69 Å². The van der Waals surface area contributed by atoms with E-state index in [4.69, 9.17) is 0 Å². The second-order valence-electron chi connectivity index (χ2n) is 5.87. The van der Waals surface area contributed by atoms with Crippen molar-refractivity contribution in [1.82, 2.24) is 14.8 Å². The summed E-state index contributed by atoms with van der Waals surface area (Å²) >= 11 is 3.42. The number of hydrogen-bond donors (Lipinski definition) is 2. The van der Waals surface area contributed by atoms with Crippen molar-refractivity contribution in [3.05, 3.63) is 52.3 Å². The summed E-state index contributed by atoms with van der Waals surface area (Å²) < 4.78 is 2.99. The Morgan fingerprint density at radius 2 is 2.08 bits per heavy atom. The Kier molecular flexibility index (Phi) is 9.14. The van der Waals surface area contributed by atoms with Gasteiger partial charge in [-0.25, -0.2) is 0 Å². The molecule has 1 aromatic carbocycles. The number of carbonyl (C=O) groups is 1. The van der Waals surface area contributed by atoms with Crippen LogP contribution < -0.4 is 10.6 Å². The van der Waals surface area contributed by atoms with Crippen molar-refractivity contribution in [2.75, 3.05) is 26.0 Å². The Balaban J connectivity index is 0.00000338. The molecule has 2 rings (SSSR count). The van der Waals surface area contributed by atoms with Gasteiger partial charge in [-0.15, -0.1) is 24.0 Å². The number of aromatic nitrogens is 1. The summed E-state index contributed by atoms with van der Waals surface area (Å²) in [5.74, 6) is 0.553. The molecule has 0 saturated carbocycles. The number of halogens is 2. The average molecular weight is 534 g/mol. The summed E-state index contributed by atoms with van der Waals surface area (Å²) in [4.78, 5) is 18.4. The fraction of sp³-hybridized carbons (Fsp3) is 0.333. The molecular formula is C18H25BrIN5O. The van der Waals surface area contributed by atoms with Gasteiger partial charge in [0.1, 0.15) is 0 Å². The normalized spacial score (nSPS) is 10.9. The molecule has 142 valence electrons. The fourth-order valence-electron chi connectivity index (χ4n) is 2.45. The molecule has 0 bridgehead atoms. The number of nitrogens with one attached hydrogen (secondary N) is 2. The highest BCUT2D eigenvalue weighted by Crippen LogP contribution is 2.20. The van der Waals surface area contributed by atoms with Gasteiger partial charge >= 0.3 is 0 Å². The van der Waals surface area contributed by atoms with Gasteiger partial charge in [0, 0.05) is 43.2 Å². The Hall–Kier alpha value is -1.55. The molecule has 0 aliphatic rings. The summed E-state index contributed by atoms with van der Waals surface area (Å²) in [6.07, 6.45) is 2.01. The summed E-state index contributed by atoms with van der Waals surface area (Å²) in [7, 11) is 5.66. The van der Waals surface area contributed by atoms with Crippen LogP contribution in [0.5, 0.6) is 0 Å². The smallest absolute Gasteiger partial charge is 0.243 e. The van der Waals surface area contributed by atoms with E-state index in [0.29, 0.717) is 12.5 Å². The highest BCUT2D eigenvalue weighted by molar-refractivity contribution is 14.0. The molecule has 1 amide bonds. The third-order valence-electron chi connectivity index (χ3n) is 3.90. The molecule has 8 heteroatoms. The van der Waals surface area contributed by atoms with Crippen LogP contribution in [0.15, 0.2) is 46.0 Å². The highest BCUT2D eigenvalue weighted by Gasteiger charge is 2.11. The lowest BCUT2D eigenvalue weighted by Crippen LogP contribution is -2.42. The van der Waals surface area contributed by atoms with Crippen molar-refractivity contribution in [2.24, 2.45) is 12.0 Å². The number of nitrogens with zero attached hydrogens (tertiary/aromatic N) is 3. The van der Waals surface area contributed by atoms with Crippen LogP contribution in [0.1, 0.15) is 11.3 Å². The molecule has 0 unspecified atom stereocenters. The number of hydrogen-bond acceptors (Lipinski definition) is 2. The number of carbonyl (C=O) groups excluding carboxylic acids is 1. The maximum absolute atomic E-state index is 12.2. The zero-order chi connectivity index (χ0) is 18.4. The third-order valence-corrected chi connectivity index (χ3v) is 4.40. The lowest BCUT2D eigenvalue weighted by molar-refractivity contribution is -0.115. The van der Waals surface area contributed by atoms with Gasteiger partial charge in [-0.2, -0.15) is 0 Å². The zero-order valence-electron chi connectivity index (χ0n) is 15.4. The number of benzene rings is 1. The molecular weight excluding hydrogens is 509 g/mol. The summed E-state index contributed by atoms with van der Waals surface area (Å²) in [6.45, 7) is 2.81. The second kappa shape index (κ2) is 10.6.